The van der Waals surface area contributed by atoms with Crippen LogP contribution in [-0.4, -0.2) is 19.1 Å². The summed E-state index contributed by atoms with van der Waals surface area (Å²) >= 11 is 0. The molecular weight excluding hydrogens is 245 g/mol. The van der Waals surface area contributed by atoms with Gasteiger partial charge in [0.1, 0.15) is 5.82 Å². The molecular formula is C15H20FNO2. The second-order valence-electron chi connectivity index (χ2n) is 5.03. The second-order valence-corrected chi connectivity index (χ2v) is 5.03. The maximum absolute atomic E-state index is 12.8. The summed E-state index contributed by atoms with van der Waals surface area (Å²) in [6, 6.07) is 6.59. The summed E-state index contributed by atoms with van der Waals surface area (Å²) in [6.45, 7) is 0.651. The number of halogens is 1. The molecule has 0 spiro atoms. The number of benzene rings is 1. The number of rotatable bonds is 4. The minimum Gasteiger partial charge on any atom is -0.469 e. The van der Waals surface area contributed by atoms with E-state index in [-0.39, 0.29) is 23.7 Å². The average Bonchev–Trinajstić information content (AvgIpc) is 2.46. The molecule has 1 fully saturated rings. The molecule has 1 aliphatic carbocycles. The second kappa shape index (κ2) is 6.66. The van der Waals surface area contributed by atoms with E-state index in [0.29, 0.717) is 6.54 Å². The number of esters is 1. The van der Waals surface area contributed by atoms with Crippen molar-refractivity contribution < 1.29 is 13.9 Å². The van der Waals surface area contributed by atoms with Crippen LogP contribution in [0, 0.1) is 11.7 Å². The van der Waals surface area contributed by atoms with Crippen molar-refractivity contribution in [1.82, 2.24) is 5.32 Å². The highest BCUT2D eigenvalue weighted by atomic mass is 19.1. The Morgan fingerprint density at radius 2 is 2.00 bits per heavy atom. The van der Waals surface area contributed by atoms with Gasteiger partial charge in [0.25, 0.3) is 0 Å². The molecule has 0 saturated heterocycles. The van der Waals surface area contributed by atoms with E-state index in [1.54, 1.807) is 12.1 Å². The predicted molar refractivity (Wildman–Crippen MR) is 71.0 cm³/mol. The van der Waals surface area contributed by atoms with Gasteiger partial charge < -0.3 is 10.1 Å². The van der Waals surface area contributed by atoms with Crippen molar-refractivity contribution in [2.75, 3.05) is 7.11 Å². The minimum atomic E-state index is -0.228. The largest absolute Gasteiger partial charge is 0.469 e. The molecule has 2 unspecified atom stereocenters. The van der Waals surface area contributed by atoms with E-state index in [1.807, 2.05) is 0 Å². The molecule has 1 aliphatic rings. The van der Waals surface area contributed by atoms with Crippen LogP contribution in [0.25, 0.3) is 0 Å². The lowest BCUT2D eigenvalue weighted by Gasteiger charge is -2.30. The Hall–Kier alpha value is -1.42. The molecule has 104 valence electrons. The first kappa shape index (κ1) is 14.0. The Morgan fingerprint density at radius 1 is 1.32 bits per heavy atom. The van der Waals surface area contributed by atoms with Crippen LogP contribution in [-0.2, 0) is 16.1 Å². The van der Waals surface area contributed by atoms with Crippen LogP contribution >= 0.6 is 0 Å². The molecule has 0 aromatic heterocycles. The monoisotopic (exact) mass is 265 g/mol. The third-order valence-electron chi connectivity index (χ3n) is 3.75. The number of nitrogens with one attached hydrogen (secondary N) is 1. The van der Waals surface area contributed by atoms with Gasteiger partial charge in [-0.25, -0.2) is 4.39 Å². The topological polar surface area (TPSA) is 38.3 Å². The van der Waals surface area contributed by atoms with Crippen LogP contribution in [0.1, 0.15) is 31.2 Å². The Bertz CT molecular complexity index is 419. The third kappa shape index (κ3) is 3.77. The number of carbonyl (C=O) groups is 1. The fourth-order valence-corrected chi connectivity index (χ4v) is 2.66. The third-order valence-corrected chi connectivity index (χ3v) is 3.75. The first-order chi connectivity index (χ1) is 9.20. The zero-order chi connectivity index (χ0) is 13.7. The first-order valence-corrected chi connectivity index (χ1v) is 6.76. The summed E-state index contributed by atoms with van der Waals surface area (Å²) < 4.78 is 17.7. The molecule has 0 amide bonds. The summed E-state index contributed by atoms with van der Waals surface area (Å²) in [6.07, 6.45) is 4.08. The molecule has 19 heavy (non-hydrogen) atoms. The summed E-state index contributed by atoms with van der Waals surface area (Å²) in [5.74, 6) is -0.413. The normalized spacial score (nSPS) is 23.1. The zero-order valence-corrected chi connectivity index (χ0v) is 11.2. The first-order valence-electron chi connectivity index (χ1n) is 6.76. The highest BCUT2D eigenvalue weighted by Gasteiger charge is 2.31. The zero-order valence-electron chi connectivity index (χ0n) is 11.2. The summed E-state index contributed by atoms with van der Waals surface area (Å²) in [5, 5.41) is 3.40. The molecule has 1 aromatic carbocycles. The van der Waals surface area contributed by atoms with E-state index < -0.39 is 0 Å². The fourth-order valence-electron chi connectivity index (χ4n) is 2.66. The van der Waals surface area contributed by atoms with E-state index >= 15 is 0 Å². The van der Waals surface area contributed by atoms with E-state index in [2.05, 4.69) is 5.32 Å². The molecule has 0 radical (unpaired) electrons. The number of hydrogen-bond donors (Lipinski definition) is 1. The lowest BCUT2D eigenvalue weighted by Crippen LogP contribution is -2.42. The van der Waals surface area contributed by atoms with Crippen molar-refractivity contribution in [2.45, 2.75) is 38.3 Å². The molecule has 2 atom stereocenters. The highest BCUT2D eigenvalue weighted by molar-refractivity contribution is 5.73. The molecule has 3 nitrogen and oxygen atoms in total. The van der Waals surface area contributed by atoms with E-state index in [1.165, 1.54) is 19.2 Å². The minimum absolute atomic E-state index is 0.0563. The highest BCUT2D eigenvalue weighted by Crippen LogP contribution is 2.25. The quantitative estimate of drug-likeness (QED) is 0.851. The maximum atomic E-state index is 12.8. The van der Waals surface area contributed by atoms with Gasteiger partial charge in [-0.05, 0) is 30.5 Å². The maximum Gasteiger partial charge on any atom is 0.310 e. The van der Waals surface area contributed by atoms with Crippen molar-refractivity contribution in [2.24, 2.45) is 5.92 Å². The summed E-state index contributed by atoms with van der Waals surface area (Å²) in [7, 11) is 1.44. The molecule has 0 aliphatic heterocycles. The van der Waals surface area contributed by atoms with Crippen molar-refractivity contribution in [3.05, 3.63) is 35.6 Å². The molecule has 1 N–H and O–H groups in total. The summed E-state index contributed by atoms with van der Waals surface area (Å²) in [4.78, 5) is 11.7. The van der Waals surface area contributed by atoms with Gasteiger partial charge in [-0.15, -0.1) is 0 Å². The van der Waals surface area contributed by atoms with Gasteiger partial charge in [0.05, 0.1) is 13.0 Å². The average molecular weight is 265 g/mol. The fraction of sp³-hybridized carbons (Fsp3) is 0.533. The van der Waals surface area contributed by atoms with Gasteiger partial charge >= 0.3 is 5.97 Å². The van der Waals surface area contributed by atoms with Crippen molar-refractivity contribution >= 4 is 5.97 Å². The van der Waals surface area contributed by atoms with E-state index in [4.69, 9.17) is 4.74 Å². The van der Waals surface area contributed by atoms with Crippen LogP contribution in [0.3, 0.4) is 0 Å². The molecule has 2 rings (SSSR count). The number of methoxy groups -OCH3 is 1. The molecule has 1 saturated carbocycles. The lowest BCUT2D eigenvalue weighted by molar-refractivity contribution is -0.147. The van der Waals surface area contributed by atoms with Gasteiger partial charge in [-0.1, -0.05) is 25.0 Å². The number of ether oxygens (including phenoxy) is 1. The molecule has 4 heteroatoms. The van der Waals surface area contributed by atoms with Crippen LogP contribution in [0.4, 0.5) is 4.39 Å². The van der Waals surface area contributed by atoms with Crippen LogP contribution in [0.2, 0.25) is 0 Å². The summed E-state index contributed by atoms with van der Waals surface area (Å²) in [5.41, 5.74) is 1.02. The molecule has 0 bridgehead atoms. The van der Waals surface area contributed by atoms with E-state index in [0.717, 1.165) is 31.2 Å². The Balaban J connectivity index is 1.92. The van der Waals surface area contributed by atoms with Crippen molar-refractivity contribution in [3.63, 3.8) is 0 Å². The van der Waals surface area contributed by atoms with Crippen molar-refractivity contribution in [3.8, 4) is 0 Å². The van der Waals surface area contributed by atoms with Gasteiger partial charge in [0, 0.05) is 12.6 Å². The lowest BCUT2D eigenvalue weighted by atomic mass is 9.84. The number of carbonyl (C=O) groups excluding carboxylic acids is 1. The van der Waals surface area contributed by atoms with Crippen molar-refractivity contribution in [1.29, 1.82) is 0 Å². The van der Waals surface area contributed by atoms with Gasteiger partial charge in [0.2, 0.25) is 0 Å². The van der Waals surface area contributed by atoms with Gasteiger partial charge in [-0.3, -0.25) is 4.79 Å². The van der Waals surface area contributed by atoms with Gasteiger partial charge in [0.15, 0.2) is 0 Å². The molecule has 1 aromatic rings. The van der Waals surface area contributed by atoms with Crippen LogP contribution < -0.4 is 5.32 Å². The standard InChI is InChI=1S/C15H20FNO2/c1-19-15(18)13-4-2-3-5-14(13)17-10-11-6-8-12(16)9-7-11/h6-9,13-14,17H,2-5,10H2,1H3. The van der Waals surface area contributed by atoms with Crippen LogP contribution in [0.5, 0.6) is 0 Å². The Labute approximate surface area is 113 Å². The Morgan fingerprint density at radius 3 is 2.68 bits per heavy atom. The SMILES string of the molecule is COC(=O)C1CCCCC1NCc1ccc(F)cc1. The Kier molecular flexibility index (Phi) is 4.91. The number of hydrogen-bond acceptors (Lipinski definition) is 3. The van der Waals surface area contributed by atoms with Crippen LogP contribution in [0.15, 0.2) is 24.3 Å². The van der Waals surface area contributed by atoms with Gasteiger partial charge in [-0.2, -0.15) is 0 Å². The predicted octanol–water partition coefficient (Wildman–Crippen LogP) is 2.65. The smallest absolute Gasteiger partial charge is 0.310 e. The van der Waals surface area contributed by atoms with E-state index in [9.17, 15) is 9.18 Å². The molecule has 0 heterocycles.